The largest absolute Gasteiger partial charge is 0.357 e. The van der Waals surface area contributed by atoms with Gasteiger partial charge < -0.3 is 9.55 Å². The van der Waals surface area contributed by atoms with Gasteiger partial charge in [-0.05, 0) is 38.3 Å². The Morgan fingerprint density at radius 2 is 2.33 bits per heavy atom. The fourth-order valence-electron chi connectivity index (χ4n) is 2.79. The first kappa shape index (κ1) is 11.3. The topological polar surface area (TPSA) is 54.9 Å². The molecular formula is C14H16N2O2. The van der Waals surface area contributed by atoms with Gasteiger partial charge in [-0.1, -0.05) is 0 Å². The average Bonchev–Trinajstić information content (AvgIpc) is 2.68. The van der Waals surface area contributed by atoms with E-state index in [0.717, 1.165) is 30.3 Å². The van der Waals surface area contributed by atoms with Gasteiger partial charge in [-0.3, -0.25) is 9.59 Å². The number of hydrogen-bond acceptors (Lipinski definition) is 2. The van der Waals surface area contributed by atoms with E-state index in [0.29, 0.717) is 12.1 Å². The summed E-state index contributed by atoms with van der Waals surface area (Å²) in [6.45, 7) is 2.15. The minimum atomic E-state index is -0.0173. The van der Waals surface area contributed by atoms with Crippen molar-refractivity contribution in [3.05, 3.63) is 34.4 Å². The lowest BCUT2D eigenvalue weighted by molar-refractivity contribution is -0.121. The maximum absolute atomic E-state index is 12.4. The first-order valence-electron chi connectivity index (χ1n) is 6.37. The Hall–Kier alpha value is -1.84. The van der Waals surface area contributed by atoms with Gasteiger partial charge in [-0.2, -0.15) is 0 Å². The number of nitrogens with zero attached hydrogens (tertiary/aromatic N) is 1. The van der Waals surface area contributed by atoms with Gasteiger partial charge in [0.1, 0.15) is 11.3 Å². The molecule has 0 bridgehead atoms. The number of aryl methyl sites for hydroxylation is 1. The predicted octanol–water partition coefficient (Wildman–Crippen LogP) is 1.87. The fourth-order valence-corrected chi connectivity index (χ4v) is 2.79. The van der Waals surface area contributed by atoms with E-state index in [-0.39, 0.29) is 17.3 Å². The Balaban J connectivity index is 2.18. The normalized spacial score (nSPS) is 19.5. The van der Waals surface area contributed by atoms with Crippen LogP contribution in [0.1, 0.15) is 25.5 Å². The number of Topliss-reactive ketones (excluding diaryl/α,β-unsaturated/α-hetero) is 1. The van der Waals surface area contributed by atoms with Crippen molar-refractivity contribution in [1.29, 1.82) is 0 Å². The summed E-state index contributed by atoms with van der Waals surface area (Å²) in [7, 11) is 0. The van der Waals surface area contributed by atoms with Crippen molar-refractivity contribution in [2.24, 2.45) is 5.92 Å². The highest BCUT2D eigenvalue weighted by Gasteiger charge is 2.21. The molecule has 2 aromatic heterocycles. The van der Waals surface area contributed by atoms with Crippen LogP contribution in [0.4, 0.5) is 0 Å². The molecule has 4 heteroatoms. The third kappa shape index (κ3) is 1.68. The number of rotatable bonds is 1. The number of pyridine rings is 1. The van der Waals surface area contributed by atoms with Crippen LogP contribution in [0.25, 0.3) is 10.9 Å². The number of H-pyrrole nitrogens is 1. The van der Waals surface area contributed by atoms with E-state index in [2.05, 4.69) is 11.1 Å². The number of fused-ring (bicyclic) bond motifs is 2. The Morgan fingerprint density at radius 3 is 3.11 bits per heavy atom. The summed E-state index contributed by atoms with van der Waals surface area (Å²) in [5.41, 5.74) is 1.69. The molecule has 1 unspecified atom stereocenters. The van der Waals surface area contributed by atoms with Crippen molar-refractivity contribution in [3.63, 3.8) is 0 Å². The highest BCUT2D eigenvalue weighted by molar-refractivity contribution is 5.80. The van der Waals surface area contributed by atoms with E-state index in [1.807, 2.05) is 6.07 Å². The van der Waals surface area contributed by atoms with Gasteiger partial charge in [0, 0.05) is 29.7 Å². The van der Waals surface area contributed by atoms with Gasteiger partial charge in [0.15, 0.2) is 0 Å². The molecule has 0 aliphatic carbocycles. The minimum Gasteiger partial charge on any atom is -0.357 e. The van der Waals surface area contributed by atoms with Gasteiger partial charge in [0.05, 0.1) is 0 Å². The smallest absolute Gasteiger partial charge is 0.275 e. The molecule has 94 valence electrons. The van der Waals surface area contributed by atoms with Crippen LogP contribution in [-0.4, -0.2) is 15.3 Å². The van der Waals surface area contributed by atoms with Gasteiger partial charge in [0.2, 0.25) is 0 Å². The molecule has 18 heavy (non-hydrogen) atoms. The number of aromatic amines is 1. The third-order valence-corrected chi connectivity index (χ3v) is 3.87. The lowest BCUT2D eigenvalue weighted by Gasteiger charge is -2.13. The summed E-state index contributed by atoms with van der Waals surface area (Å²) in [5.74, 6) is 0.165. The minimum absolute atomic E-state index is 0.000602. The zero-order valence-electron chi connectivity index (χ0n) is 10.4. The second kappa shape index (κ2) is 4.12. The maximum atomic E-state index is 12.4. The molecule has 1 N–H and O–H groups in total. The van der Waals surface area contributed by atoms with E-state index >= 15 is 0 Å². The Bertz CT molecular complexity index is 666. The van der Waals surface area contributed by atoms with Crippen molar-refractivity contribution >= 4 is 16.7 Å². The van der Waals surface area contributed by atoms with Crippen LogP contribution < -0.4 is 5.56 Å². The molecule has 1 aliphatic rings. The molecule has 0 saturated heterocycles. The Kier molecular flexibility index (Phi) is 2.58. The second-order valence-electron chi connectivity index (χ2n) is 5.06. The van der Waals surface area contributed by atoms with E-state index in [4.69, 9.17) is 0 Å². The monoisotopic (exact) mass is 244 g/mol. The number of ketones is 1. The van der Waals surface area contributed by atoms with E-state index < -0.39 is 0 Å². The van der Waals surface area contributed by atoms with Crippen LogP contribution in [0.2, 0.25) is 0 Å². The standard InChI is InChI=1S/C14H16N2O2/c1-9(17)11-3-2-4-12-7-10-5-6-15-13(10)14(18)16(12)8-11/h5-7,11,15H,2-4,8H2,1H3. The molecule has 0 fully saturated rings. The SMILES string of the molecule is CC(=O)C1CCCc2cc3cc[nH]c3c(=O)n2C1. The van der Waals surface area contributed by atoms with Gasteiger partial charge in [0.25, 0.3) is 5.56 Å². The maximum Gasteiger partial charge on any atom is 0.275 e. The second-order valence-corrected chi connectivity index (χ2v) is 5.06. The lowest BCUT2D eigenvalue weighted by atomic mass is 9.99. The summed E-state index contributed by atoms with van der Waals surface area (Å²) in [6.07, 6.45) is 4.51. The molecule has 3 heterocycles. The molecule has 1 aliphatic heterocycles. The molecular weight excluding hydrogens is 228 g/mol. The van der Waals surface area contributed by atoms with E-state index in [1.165, 1.54) is 0 Å². The van der Waals surface area contributed by atoms with Crippen molar-refractivity contribution < 1.29 is 4.79 Å². The predicted molar refractivity (Wildman–Crippen MR) is 69.7 cm³/mol. The van der Waals surface area contributed by atoms with Crippen LogP contribution in [-0.2, 0) is 17.8 Å². The zero-order valence-corrected chi connectivity index (χ0v) is 10.4. The average molecular weight is 244 g/mol. The molecule has 0 amide bonds. The fraction of sp³-hybridized carbons (Fsp3) is 0.429. The highest BCUT2D eigenvalue weighted by atomic mass is 16.1. The van der Waals surface area contributed by atoms with Crippen molar-refractivity contribution in [1.82, 2.24) is 9.55 Å². The molecule has 2 aromatic rings. The van der Waals surface area contributed by atoms with Crippen LogP contribution in [0, 0.1) is 5.92 Å². The van der Waals surface area contributed by atoms with Gasteiger partial charge in [-0.15, -0.1) is 0 Å². The van der Waals surface area contributed by atoms with E-state index in [1.54, 1.807) is 17.7 Å². The van der Waals surface area contributed by atoms with Crippen molar-refractivity contribution in [2.75, 3.05) is 0 Å². The number of aromatic nitrogens is 2. The van der Waals surface area contributed by atoms with Crippen LogP contribution >= 0.6 is 0 Å². The van der Waals surface area contributed by atoms with Crippen LogP contribution in [0.5, 0.6) is 0 Å². The number of nitrogens with one attached hydrogen (secondary N) is 1. The van der Waals surface area contributed by atoms with Crippen LogP contribution in [0.15, 0.2) is 23.1 Å². The Morgan fingerprint density at radius 1 is 1.50 bits per heavy atom. The number of hydrogen-bond donors (Lipinski definition) is 1. The first-order chi connectivity index (χ1) is 8.66. The summed E-state index contributed by atoms with van der Waals surface area (Å²) in [4.78, 5) is 26.9. The van der Waals surface area contributed by atoms with Crippen LogP contribution in [0.3, 0.4) is 0 Å². The molecule has 0 saturated carbocycles. The molecule has 4 nitrogen and oxygen atoms in total. The molecule has 1 atom stereocenters. The van der Waals surface area contributed by atoms with Gasteiger partial charge in [-0.25, -0.2) is 0 Å². The molecule has 0 spiro atoms. The van der Waals surface area contributed by atoms with Crippen molar-refractivity contribution in [3.8, 4) is 0 Å². The lowest BCUT2D eigenvalue weighted by Crippen LogP contribution is -2.27. The van der Waals surface area contributed by atoms with Gasteiger partial charge >= 0.3 is 0 Å². The summed E-state index contributed by atoms with van der Waals surface area (Å²) in [6, 6.07) is 3.99. The first-order valence-corrected chi connectivity index (χ1v) is 6.37. The molecule has 0 aromatic carbocycles. The zero-order chi connectivity index (χ0) is 12.7. The number of carbonyl (C=O) groups excluding carboxylic acids is 1. The van der Waals surface area contributed by atoms with E-state index in [9.17, 15) is 9.59 Å². The number of carbonyl (C=O) groups is 1. The molecule has 3 rings (SSSR count). The van der Waals surface area contributed by atoms with Crippen molar-refractivity contribution in [2.45, 2.75) is 32.7 Å². The third-order valence-electron chi connectivity index (χ3n) is 3.87. The summed E-state index contributed by atoms with van der Waals surface area (Å²) < 4.78 is 1.78. The summed E-state index contributed by atoms with van der Waals surface area (Å²) in [5, 5.41) is 0.965. The quantitative estimate of drug-likeness (QED) is 0.832. The Labute approximate surface area is 105 Å². The summed E-state index contributed by atoms with van der Waals surface area (Å²) >= 11 is 0. The highest BCUT2D eigenvalue weighted by Crippen LogP contribution is 2.21. The molecule has 0 radical (unpaired) electrons.